The van der Waals surface area contributed by atoms with E-state index in [9.17, 15) is 0 Å². The number of hydrogen-bond acceptors (Lipinski definition) is 4. The lowest BCUT2D eigenvalue weighted by atomic mass is 10.2. The van der Waals surface area contributed by atoms with E-state index in [0.29, 0.717) is 22.9 Å². The van der Waals surface area contributed by atoms with Crippen LogP contribution in [0.25, 0.3) is 0 Å². The maximum absolute atomic E-state index is 7.50. The van der Waals surface area contributed by atoms with Gasteiger partial charge in [0.15, 0.2) is 0 Å². The average Bonchev–Trinajstić information content (AvgIpc) is 2.41. The fraction of sp³-hybridized carbons (Fsp3) is 0.143. The van der Waals surface area contributed by atoms with Gasteiger partial charge in [-0.2, -0.15) is 0 Å². The van der Waals surface area contributed by atoms with Crippen molar-refractivity contribution < 1.29 is 9.47 Å². The molecular weight excluding hydrogens is 402 g/mol. The van der Waals surface area contributed by atoms with Crippen molar-refractivity contribution in [2.45, 2.75) is 6.92 Å². The van der Waals surface area contributed by atoms with Crippen molar-refractivity contribution in [3.63, 3.8) is 0 Å². The number of nitrogens with one attached hydrogen (secondary N) is 1. The molecule has 0 unspecified atom stereocenters. The number of hydrogen-bond donors (Lipinski definition) is 2. The molecule has 0 bridgehead atoms. The lowest BCUT2D eigenvalue weighted by Gasteiger charge is -2.11. The van der Waals surface area contributed by atoms with Crippen molar-refractivity contribution >= 4 is 37.7 Å². The van der Waals surface area contributed by atoms with Crippen LogP contribution in [0.4, 0.5) is 0 Å². The zero-order valence-corrected chi connectivity index (χ0v) is 14.6. The van der Waals surface area contributed by atoms with E-state index < -0.39 is 0 Å². The summed E-state index contributed by atoms with van der Waals surface area (Å²) in [5.74, 6) is 1.62. The normalized spacial score (nSPS) is 10.3. The number of pyridine rings is 1. The SMILES string of the molecule is COc1cc(Br)c(Oc2cc(C(=N)N)cc(C)n2)cc1Br. The van der Waals surface area contributed by atoms with E-state index in [4.69, 9.17) is 20.6 Å². The van der Waals surface area contributed by atoms with Gasteiger partial charge >= 0.3 is 0 Å². The summed E-state index contributed by atoms with van der Waals surface area (Å²) in [5.41, 5.74) is 6.80. The number of amidine groups is 1. The average molecular weight is 415 g/mol. The molecule has 0 aliphatic carbocycles. The summed E-state index contributed by atoms with van der Waals surface area (Å²) in [5, 5.41) is 7.50. The summed E-state index contributed by atoms with van der Waals surface area (Å²) in [4.78, 5) is 4.28. The van der Waals surface area contributed by atoms with Crippen molar-refractivity contribution in [1.29, 1.82) is 5.41 Å². The van der Waals surface area contributed by atoms with Gasteiger partial charge in [0.25, 0.3) is 0 Å². The monoisotopic (exact) mass is 413 g/mol. The van der Waals surface area contributed by atoms with Gasteiger partial charge < -0.3 is 15.2 Å². The van der Waals surface area contributed by atoms with E-state index in [1.807, 2.05) is 6.92 Å². The molecule has 0 saturated heterocycles. The Kier molecular flexibility index (Phi) is 4.84. The summed E-state index contributed by atoms with van der Waals surface area (Å²) in [6.45, 7) is 1.82. The van der Waals surface area contributed by atoms with Gasteiger partial charge in [0, 0.05) is 17.3 Å². The first kappa shape index (κ1) is 15.8. The van der Waals surface area contributed by atoms with E-state index in [1.165, 1.54) is 0 Å². The Bertz CT molecular complexity index is 705. The van der Waals surface area contributed by atoms with E-state index in [2.05, 4.69) is 36.8 Å². The fourth-order valence-corrected chi connectivity index (χ4v) is 2.59. The van der Waals surface area contributed by atoms with Crippen LogP contribution in [-0.2, 0) is 0 Å². The van der Waals surface area contributed by atoms with Crippen LogP contribution in [0.2, 0.25) is 0 Å². The topological polar surface area (TPSA) is 81.2 Å². The highest BCUT2D eigenvalue weighted by atomic mass is 79.9. The Morgan fingerprint density at radius 1 is 1.14 bits per heavy atom. The molecule has 1 heterocycles. The van der Waals surface area contributed by atoms with Crippen molar-refractivity contribution in [3.8, 4) is 17.4 Å². The largest absolute Gasteiger partial charge is 0.496 e. The van der Waals surface area contributed by atoms with Crippen LogP contribution < -0.4 is 15.2 Å². The molecule has 0 aliphatic heterocycles. The van der Waals surface area contributed by atoms with Gasteiger partial charge in [0.05, 0.1) is 16.1 Å². The molecule has 0 amide bonds. The number of benzene rings is 1. The van der Waals surface area contributed by atoms with Crippen molar-refractivity contribution in [2.75, 3.05) is 7.11 Å². The highest BCUT2D eigenvalue weighted by Gasteiger charge is 2.11. The van der Waals surface area contributed by atoms with Crippen LogP contribution in [0.5, 0.6) is 17.4 Å². The maximum atomic E-state index is 7.50. The van der Waals surface area contributed by atoms with Gasteiger partial charge in [-0.25, -0.2) is 4.98 Å². The number of aryl methyl sites for hydroxylation is 1. The molecule has 0 radical (unpaired) electrons. The van der Waals surface area contributed by atoms with Crippen LogP contribution in [0.3, 0.4) is 0 Å². The van der Waals surface area contributed by atoms with Gasteiger partial charge in [-0.05, 0) is 57.0 Å². The molecule has 0 fully saturated rings. The molecule has 21 heavy (non-hydrogen) atoms. The Morgan fingerprint density at radius 2 is 1.76 bits per heavy atom. The molecule has 1 aromatic heterocycles. The second-order valence-corrected chi connectivity index (χ2v) is 5.98. The fourth-order valence-electron chi connectivity index (χ4n) is 1.70. The first-order chi connectivity index (χ1) is 9.90. The smallest absolute Gasteiger partial charge is 0.220 e. The van der Waals surface area contributed by atoms with Gasteiger partial charge in [0.2, 0.25) is 5.88 Å². The molecule has 2 aromatic rings. The van der Waals surface area contributed by atoms with E-state index in [-0.39, 0.29) is 5.84 Å². The Labute approximate surface area is 139 Å². The minimum Gasteiger partial charge on any atom is -0.496 e. The lowest BCUT2D eigenvalue weighted by molar-refractivity contribution is 0.408. The van der Waals surface area contributed by atoms with Gasteiger partial charge in [0.1, 0.15) is 17.3 Å². The molecule has 5 nitrogen and oxygen atoms in total. The summed E-state index contributed by atoms with van der Waals surface area (Å²) in [6.07, 6.45) is 0. The van der Waals surface area contributed by atoms with Crippen LogP contribution in [0.15, 0.2) is 33.2 Å². The number of aromatic nitrogens is 1. The molecule has 0 spiro atoms. The summed E-state index contributed by atoms with van der Waals surface area (Å²) >= 11 is 6.83. The molecule has 1 aromatic carbocycles. The number of methoxy groups -OCH3 is 1. The van der Waals surface area contributed by atoms with Gasteiger partial charge in [-0.3, -0.25) is 5.41 Å². The molecule has 0 aliphatic rings. The predicted octanol–water partition coefficient (Wildman–Crippen LogP) is 4.00. The molecule has 3 N–H and O–H groups in total. The zero-order valence-electron chi connectivity index (χ0n) is 11.4. The van der Waals surface area contributed by atoms with Crippen molar-refractivity contribution in [1.82, 2.24) is 4.98 Å². The second-order valence-electron chi connectivity index (χ2n) is 4.27. The maximum Gasteiger partial charge on any atom is 0.220 e. The number of nitrogens with zero attached hydrogens (tertiary/aromatic N) is 1. The third-order valence-corrected chi connectivity index (χ3v) is 3.90. The second kappa shape index (κ2) is 6.44. The molecule has 7 heteroatoms. The lowest BCUT2D eigenvalue weighted by Crippen LogP contribution is -2.11. The third-order valence-electron chi connectivity index (χ3n) is 2.66. The van der Waals surface area contributed by atoms with E-state index in [1.54, 1.807) is 31.4 Å². The van der Waals surface area contributed by atoms with E-state index >= 15 is 0 Å². The van der Waals surface area contributed by atoms with Crippen molar-refractivity contribution in [2.24, 2.45) is 5.73 Å². The minimum absolute atomic E-state index is 0.0275. The first-order valence-electron chi connectivity index (χ1n) is 5.94. The Hall–Kier alpha value is -1.60. The molecule has 0 saturated carbocycles. The zero-order chi connectivity index (χ0) is 15.6. The van der Waals surface area contributed by atoms with Gasteiger partial charge in [-0.1, -0.05) is 0 Å². The van der Waals surface area contributed by atoms with Gasteiger partial charge in [-0.15, -0.1) is 0 Å². The van der Waals surface area contributed by atoms with Crippen LogP contribution in [0.1, 0.15) is 11.3 Å². The number of nitrogen functional groups attached to an aromatic ring is 1. The summed E-state index contributed by atoms with van der Waals surface area (Å²) in [6, 6.07) is 6.93. The highest BCUT2D eigenvalue weighted by Crippen LogP contribution is 2.37. The first-order valence-corrected chi connectivity index (χ1v) is 7.53. The summed E-state index contributed by atoms with van der Waals surface area (Å²) in [7, 11) is 1.59. The Morgan fingerprint density at radius 3 is 2.38 bits per heavy atom. The molecule has 110 valence electrons. The number of halogens is 2. The Balaban J connectivity index is 2.38. The molecule has 2 rings (SSSR count). The van der Waals surface area contributed by atoms with Crippen LogP contribution >= 0.6 is 31.9 Å². The number of rotatable bonds is 4. The predicted molar refractivity (Wildman–Crippen MR) is 88.5 cm³/mol. The third kappa shape index (κ3) is 3.74. The van der Waals surface area contributed by atoms with Crippen LogP contribution in [-0.4, -0.2) is 17.9 Å². The quantitative estimate of drug-likeness (QED) is 0.585. The van der Waals surface area contributed by atoms with Crippen molar-refractivity contribution in [3.05, 3.63) is 44.5 Å². The highest BCUT2D eigenvalue weighted by molar-refractivity contribution is 9.11. The molecular formula is C14H13Br2N3O2. The van der Waals surface area contributed by atoms with E-state index in [0.717, 1.165) is 14.6 Å². The van der Waals surface area contributed by atoms with Crippen LogP contribution in [0, 0.1) is 12.3 Å². The molecule has 0 atom stereocenters. The standard InChI is InChI=1S/C14H13Br2N3O2/c1-7-3-8(14(17)18)4-13(19-7)21-12-6-9(15)11(20-2)5-10(12)16/h3-6H,1-2H3,(H3,17,18). The minimum atomic E-state index is -0.0275. The number of nitrogens with two attached hydrogens (primary N) is 1. The number of ether oxygens (including phenoxy) is 2. The summed E-state index contributed by atoms with van der Waals surface area (Å²) < 4.78 is 12.5.